The molecule has 0 spiro atoms. The Labute approximate surface area is 168 Å². The Morgan fingerprint density at radius 2 is 1.78 bits per heavy atom. The molecule has 0 aliphatic rings. The second-order valence-corrected chi connectivity index (χ2v) is 7.92. The van der Waals surface area contributed by atoms with Crippen LogP contribution in [0.25, 0.3) is 10.2 Å². The SMILES string of the molecule is O=C(c1ccc(Br)cc1)N(Cc1ccccc1)c1nc2ccc(F)cc2s1. The summed E-state index contributed by atoms with van der Waals surface area (Å²) in [6.45, 7) is 0.387. The zero-order valence-electron chi connectivity index (χ0n) is 14.1. The summed E-state index contributed by atoms with van der Waals surface area (Å²) in [6, 6.07) is 21.4. The topological polar surface area (TPSA) is 33.2 Å². The van der Waals surface area contributed by atoms with Crippen molar-refractivity contribution in [2.75, 3.05) is 4.90 Å². The summed E-state index contributed by atoms with van der Waals surface area (Å²) in [5.41, 5.74) is 2.24. The average molecular weight is 441 g/mol. The van der Waals surface area contributed by atoms with Crippen molar-refractivity contribution in [1.29, 1.82) is 0 Å². The number of hydrogen-bond acceptors (Lipinski definition) is 3. The van der Waals surface area contributed by atoms with Crippen molar-refractivity contribution in [3.63, 3.8) is 0 Å². The molecule has 1 heterocycles. The van der Waals surface area contributed by atoms with E-state index in [1.807, 2.05) is 42.5 Å². The number of amides is 1. The third-order valence-corrected chi connectivity index (χ3v) is 5.66. The maximum atomic E-state index is 13.5. The molecule has 0 bridgehead atoms. The minimum Gasteiger partial charge on any atom is -0.279 e. The molecule has 0 saturated heterocycles. The van der Waals surface area contributed by atoms with Crippen molar-refractivity contribution >= 4 is 48.5 Å². The van der Waals surface area contributed by atoms with E-state index >= 15 is 0 Å². The van der Waals surface area contributed by atoms with Crippen LogP contribution in [0.3, 0.4) is 0 Å². The lowest BCUT2D eigenvalue weighted by Gasteiger charge is -2.20. The van der Waals surface area contributed by atoms with Gasteiger partial charge in [0.25, 0.3) is 5.91 Å². The van der Waals surface area contributed by atoms with Crippen LogP contribution in [0.15, 0.2) is 77.3 Å². The first-order chi connectivity index (χ1) is 13.1. The molecule has 1 amide bonds. The van der Waals surface area contributed by atoms with E-state index in [4.69, 9.17) is 0 Å². The normalized spacial score (nSPS) is 10.9. The Morgan fingerprint density at radius 1 is 1.04 bits per heavy atom. The molecular formula is C21H14BrFN2OS. The van der Waals surface area contributed by atoms with Gasteiger partial charge in [0.05, 0.1) is 16.8 Å². The van der Waals surface area contributed by atoms with E-state index < -0.39 is 0 Å². The molecule has 4 rings (SSSR count). The van der Waals surface area contributed by atoms with Gasteiger partial charge < -0.3 is 0 Å². The number of rotatable bonds is 4. The Bertz CT molecular complexity index is 1100. The number of benzene rings is 3. The highest BCUT2D eigenvalue weighted by Gasteiger charge is 2.22. The molecule has 3 nitrogen and oxygen atoms in total. The van der Waals surface area contributed by atoms with Gasteiger partial charge in [0.15, 0.2) is 5.13 Å². The van der Waals surface area contributed by atoms with E-state index in [2.05, 4.69) is 20.9 Å². The molecule has 1 aromatic heterocycles. The number of hydrogen-bond donors (Lipinski definition) is 0. The van der Waals surface area contributed by atoms with Crippen LogP contribution in [0, 0.1) is 5.82 Å². The number of anilines is 1. The van der Waals surface area contributed by atoms with Crippen molar-refractivity contribution in [1.82, 2.24) is 4.98 Å². The molecule has 0 atom stereocenters. The van der Waals surface area contributed by atoms with Gasteiger partial charge in [-0.05, 0) is 48.0 Å². The fourth-order valence-corrected chi connectivity index (χ4v) is 3.99. The van der Waals surface area contributed by atoms with E-state index in [0.717, 1.165) is 10.0 Å². The second-order valence-electron chi connectivity index (χ2n) is 5.99. The minimum absolute atomic E-state index is 0.147. The van der Waals surface area contributed by atoms with Crippen LogP contribution in [0.1, 0.15) is 15.9 Å². The average Bonchev–Trinajstić information content (AvgIpc) is 3.10. The van der Waals surface area contributed by atoms with E-state index in [0.29, 0.717) is 27.5 Å². The van der Waals surface area contributed by atoms with Gasteiger partial charge in [0.2, 0.25) is 0 Å². The summed E-state index contributed by atoms with van der Waals surface area (Å²) in [5.74, 6) is -0.461. The lowest BCUT2D eigenvalue weighted by atomic mass is 10.1. The largest absolute Gasteiger partial charge is 0.279 e. The van der Waals surface area contributed by atoms with Crippen LogP contribution < -0.4 is 4.90 Å². The smallest absolute Gasteiger partial charge is 0.260 e. The second kappa shape index (κ2) is 7.58. The third-order valence-electron chi connectivity index (χ3n) is 4.09. The highest BCUT2D eigenvalue weighted by Crippen LogP contribution is 2.31. The minimum atomic E-state index is -0.313. The Balaban J connectivity index is 1.76. The van der Waals surface area contributed by atoms with Crippen molar-refractivity contribution in [2.45, 2.75) is 6.54 Å². The number of nitrogens with zero attached hydrogens (tertiary/aromatic N) is 2. The predicted molar refractivity (Wildman–Crippen MR) is 111 cm³/mol. The molecule has 27 heavy (non-hydrogen) atoms. The number of carbonyl (C=O) groups excluding carboxylic acids is 1. The van der Waals surface area contributed by atoms with Gasteiger partial charge in [-0.25, -0.2) is 9.37 Å². The molecule has 0 radical (unpaired) electrons. The van der Waals surface area contributed by atoms with Gasteiger partial charge in [0, 0.05) is 10.0 Å². The van der Waals surface area contributed by atoms with Crippen molar-refractivity contribution in [3.05, 3.63) is 94.2 Å². The highest BCUT2D eigenvalue weighted by atomic mass is 79.9. The third kappa shape index (κ3) is 3.91. The van der Waals surface area contributed by atoms with Gasteiger partial charge in [-0.3, -0.25) is 9.69 Å². The fraction of sp³-hybridized carbons (Fsp3) is 0.0476. The van der Waals surface area contributed by atoms with Crippen LogP contribution >= 0.6 is 27.3 Å². The first-order valence-electron chi connectivity index (χ1n) is 8.27. The van der Waals surface area contributed by atoms with Crippen LogP contribution in [0.4, 0.5) is 9.52 Å². The Kier molecular flexibility index (Phi) is 5.01. The van der Waals surface area contributed by atoms with Crippen molar-refractivity contribution in [3.8, 4) is 0 Å². The molecule has 0 aliphatic heterocycles. The number of carbonyl (C=O) groups is 1. The molecule has 4 aromatic rings. The first-order valence-corrected chi connectivity index (χ1v) is 9.88. The maximum absolute atomic E-state index is 13.5. The van der Waals surface area contributed by atoms with E-state index in [1.54, 1.807) is 23.1 Å². The molecular weight excluding hydrogens is 427 g/mol. The number of fused-ring (bicyclic) bond motifs is 1. The molecule has 3 aromatic carbocycles. The van der Waals surface area contributed by atoms with Crippen molar-refractivity contribution < 1.29 is 9.18 Å². The lowest BCUT2D eigenvalue weighted by Crippen LogP contribution is -2.30. The quantitative estimate of drug-likeness (QED) is 0.387. The van der Waals surface area contributed by atoms with Gasteiger partial charge in [-0.15, -0.1) is 0 Å². The van der Waals surface area contributed by atoms with E-state index in [9.17, 15) is 9.18 Å². The summed E-state index contributed by atoms with van der Waals surface area (Å²) in [4.78, 5) is 19.4. The number of halogens is 2. The summed E-state index contributed by atoms with van der Waals surface area (Å²) in [5, 5.41) is 0.548. The Morgan fingerprint density at radius 3 is 2.52 bits per heavy atom. The standard InChI is InChI=1S/C21H14BrFN2OS/c22-16-8-6-15(7-9-16)20(26)25(13-14-4-2-1-3-5-14)21-24-18-11-10-17(23)12-19(18)27-21/h1-12H,13H2. The van der Waals surface area contributed by atoms with Crippen LogP contribution in [-0.2, 0) is 6.54 Å². The van der Waals surface area contributed by atoms with Gasteiger partial charge in [-0.1, -0.05) is 57.6 Å². The van der Waals surface area contributed by atoms with Crippen LogP contribution in [-0.4, -0.2) is 10.9 Å². The number of thiazole rings is 1. The summed E-state index contributed by atoms with van der Waals surface area (Å²) < 4.78 is 15.2. The van der Waals surface area contributed by atoms with Gasteiger partial charge in [-0.2, -0.15) is 0 Å². The zero-order valence-corrected chi connectivity index (χ0v) is 16.5. The molecule has 0 saturated carbocycles. The van der Waals surface area contributed by atoms with Crippen molar-refractivity contribution in [2.24, 2.45) is 0 Å². The summed E-state index contributed by atoms with van der Waals surface area (Å²) in [6.07, 6.45) is 0. The predicted octanol–water partition coefficient (Wildman–Crippen LogP) is 6.04. The van der Waals surface area contributed by atoms with Gasteiger partial charge >= 0.3 is 0 Å². The molecule has 134 valence electrons. The van der Waals surface area contributed by atoms with E-state index in [-0.39, 0.29) is 11.7 Å². The van der Waals surface area contributed by atoms with Crippen LogP contribution in [0.5, 0.6) is 0 Å². The van der Waals surface area contributed by atoms with Gasteiger partial charge in [0.1, 0.15) is 5.82 Å². The summed E-state index contributed by atoms with van der Waals surface area (Å²) in [7, 11) is 0. The molecule has 0 unspecified atom stereocenters. The molecule has 0 fully saturated rings. The summed E-state index contributed by atoms with van der Waals surface area (Å²) >= 11 is 4.70. The zero-order chi connectivity index (χ0) is 18.8. The lowest BCUT2D eigenvalue weighted by molar-refractivity contribution is 0.0985. The van der Waals surface area contributed by atoms with Crippen LogP contribution in [0.2, 0.25) is 0 Å². The maximum Gasteiger partial charge on any atom is 0.260 e. The Hall–Kier alpha value is -2.57. The fourth-order valence-electron chi connectivity index (χ4n) is 2.74. The van der Waals surface area contributed by atoms with E-state index in [1.165, 1.54) is 23.5 Å². The monoisotopic (exact) mass is 440 g/mol. The molecule has 0 N–H and O–H groups in total. The molecule has 0 aliphatic carbocycles. The molecule has 6 heteroatoms. The number of aromatic nitrogens is 1. The highest BCUT2D eigenvalue weighted by molar-refractivity contribution is 9.10. The first kappa shape index (κ1) is 17.8.